The van der Waals surface area contributed by atoms with Crippen LogP contribution in [0.2, 0.25) is 0 Å². The first-order valence-corrected chi connectivity index (χ1v) is 13.2. The number of rotatable bonds is 5. The Morgan fingerprint density at radius 3 is 2.57 bits per heavy atom. The molecule has 1 heterocycles. The van der Waals surface area contributed by atoms with Crippen molar-refractivity contribution in [3.05, 3.63) is 82.4 Å². The molecule has 3 aromatic rings. The van der Waals surface area contributed by atoms with Gasteiger partial charge < -0.3 is 5.32 Å². The number of amides is 1. The zero-order valence-corrected chi connectivity index (χ0v) is 21.5. The predicted molar refractivity (Wildman–Crippen MR) is 135 cm³/mol. The molecule has 4 atom stereocenters. The van der Waals surface area contributed by atoms with Crippen LogP contribution in [0.4, 0.5) is 13.2 Å². The maximum atomic E-state index is 15.0. The van der Waals surface area contributed by atoms with Gasteiger partial charge in [-0.3, -0.25) is 4.79 Å². The Bertz CT molecular complexity index is 1390. The molecule has 3 unspecified atom stereocenters. The monoisotopic (exact) mass is 507 g/mol. The van der Waals surface area contributed by atoms with Gasteiger partial charge >= 0.3 is 0 Å². The van der Waals surface area contributed by atoms with Gasteiger partial charge in [0.2, 0.25) is 0 Å². The number of carbonyl (C=O) groups is 1. The molecule has 0 saturated heterocycles. The summed E-state index contributed by atoms with van der Waals surface area (Å²) in [4.78, 5) is 13.8. The number of carbonyl (C=O) groups excluding carboxylic acids is 1. The van der Waals surface area contributed by atoms with Crippen LogP contribution >= 0.6 is 0 Å². The van der Waals surface area contributed by atoms with Gasteiger partial charge in [-0.2, -0.15) is 5.10 Å². The lowest BCUT2D eigenvalue weighted by Crippen LogP contribution is -2.52. The molecule has 2 fully saturated rings. The van der Waals surface area contributed by atoms with Gasteiger partial charge in [-0.1, -0.05) is 32.9 Å². The summed E-state index contributed by atoms with van der Waals surface area (Å²) in [6.45, 7) is 6.73. The predicted octanol–water partition coefficient (Wildman–Crippen LogP) is 6.51. The molecule has 1 aromatic heterocycles. The summed E-state index contributed by atoms with van der Waals surface area (Å²) >= 11 is 0. The second kappa shape index (κ2) is 8.47. The Labute approximate surface area is 215 Å². The molecule has 1 N–H and O–H groups in total. The summed E-state index contributed by atoms with van der Waals surface area (Å²) in [5, 5.41) is 7.97. The molecular formula is C30H32F3N3O. The lowest BCUT2D eigenvalue weighted by molar-refractivity contribution is 0.0732. The fourth-order valence-corrected chi connectivity index (χ4v) is 7.61. The number of nitrogens with one attached hydrogen (secondary N) is 1. The van der Waals surface area contributed by atoms with E-state index >= 15 is 0 Å². The molecule has 2 aromatic carbocycles. The minimum absolute atomic E-state index is 0.0165. The average molecular weight is 508 g/mol. The third kappa shape index (κ3) is 3.89. The third-order valence-corrected chi connectivity index (χ3v) is 9.42. The summed E-state index contributed by atoms with van der Waals surface area (Å²) < 4.78 is 44.0. The number of aromatic nitrogens is 2. The Morgan fingerprint density at radius 2 is 1.86 bits per heavy atom. The van der Waals surface area contributed by atoms with E-state index in [1.807, 2.05) is 6.07 Å². The van der Waals surface area contributed by atoms with Crippen LogP contribution in [0.5, 0.6) is 0 Å². The minimum atomic E-state index is -0.740. The van der Waals surface area contributed by atoms with Gasteiger partial charge in [-0.05, 0) is 85.1 Å². The van der Waals surface area contributed by atoms with Crippen molar-refractivity contribution < 1.29 is 18.0 Å². The van der Waals surface area contributed by atoms with E-state index in [1.165, 1.54) is 35.4 Å². The van der Waals surface area contributed by atoms with Crippen molar-refractivity contribution in [3.63, 3.8) is 0 Å². The third-order valence-electron chi connectivity index (χ3n) is 9.42. The molecule has 194 valence electrons. The number of halogens is 3. The molecule has 1 amide bonds. The standard InChI is InChI=1S/C30H32F3N3O/c1-29(2)19-11-12-30(3,16-19)28(29)34-27(37)25-22-9-7-18(13-17-5-4-6-20(31)14-17)26(22)36(35-25)24-10-8-21(32)15-23(24)33/h4-6,8,10,14-15,18-19,28H,7,9,11-13,16H2,1-3H3,(H,34,37)/t18?,19?,28-,30?/m1/s1. The van der Waals surface area contributed by atoms with Crippen molar-refractivity contribution in [1.29, 1.82) is 0 Å². The van der Waals surface area contributed by atoms with E-state index in [0.29, 0.717) is 24.5 Å². The van der Waals surface area contributed by atoms with Crippen LogP contribution in [-0.4, -0.2) is 21.7 Å². The Balaban J connectivity index is 1.39. The van der Waals surface area contributed by atoms with Crippen molar-refractivity contribution in [2.24, 2.45) is 16.7 Å². The highest BCUT2D eigenvalue weighted by Crippen LogP contribution is 2.62. The van der Waals surface area contributed by atoms with Crippen LogP contribution in [0.1, 0.15) is 79.7 Å². The van der Waals surface area contributed by atoms with Crippen molar-refractivity contribution >= 4 is 5.91 Å². The molecule has 7 heteroatoms. The van der Waals surface area contributed by atoms with Crippen LogP contribution in [0, 0.1) is 34.2 Å². The van der Waals surface area contributed by atoms with Crippen molar-refractivity contribution in [2.45, 2.75) is 71.3 Å². The first-order chi connectivity index (χ1) is 17.6. The number of hydrogen-bond acceptors (Lipinski definition) is 2. The second-order valence-corrected chi connectivity index (χ2v) is 12.1. The summed E-state index contributed by atoms with van der Waals surface area (Å²) in [6, 6.07) is 9.86. The first-order valence-electron chi connectivity index (χ1n) is 13.2. The first kappa shape index (κ1) is 24.3. The maximum absolute atomic E-state index is 15.0. The molecule has 2 saturated carbocycles. The van der Waals surface area contributed by atoms with Crippen molar-refractivity contribution in [1.82, 2.24) is 15.1 Å². The molecule has 3 aliphatic rings. The zero-order valence-electron chi connectivity index (χ0n) is 21.5. The lowest BCUT2D eigenvalue weighted by Gasteiger charge is -2.43. The summed E-state index contributed by atoms with van der Waals surface area (Å²) in [7, 11) is 0. The van der Waals surface area contributed by atoms with E-state index in [0.717, 1.165) is 42.1 Å². The number of nitrogens with zero attached hydrogens (tertiary/aromatic N) is 2. The van der Waals surface area contributed by atoms with Crippen molar-refractivity contribution in [2.75, 3.05) is 0 Å². The minimum Gasteiger partial charge on any atom is -0.347 e. The number of hydrogen-bond donors (Lipinski definition) is 1. The molecule has 6 rings (SSSR count). The summed E-state index contributed by atoms with van der Waals surface area (Å²) in [5.74, 6) is -1.46. The van der Waals surface area contributed by atoms with E-state index in [9.17, 15) is 18.0 Å². The van der Waals surface area contributed by atoms with Crippen LogP contribution in [0.15, 0.2) is 42.5 Å². The Hall–Kier alpha value is -3.09. The number of benzene rings is 2. The molecule has 0 aliphatic heterocycles. The molecular weight excluding hydrogens is 475 g/mol. The highest BCUT2D eigenvalue weighted by molar-refractivity contribution is 5.94. The quantitative estimate of drug-likeness (QED) is 0.428. The van der Waals surface area contributed by atoms with E-state index in [2.05, 4.69) is 31.2 Å². The van der Waals surface area contributed by atoms with Gasteiger partial charge in [0.25, 0.3) is 5.91 Å². The molecule has 4 nitrogen and oxygen atoms in total. The SMILES string of the molecule is CC12CCC(C1)C(C)(C)[C@H]2NC(=O)c1nn(-c2ccc(F)cc2F)c2c1CCC2Cc1cccc(F)c1. The Kier molecular flexibility index (Phi) is 5.55. The van der Waals surface area contributed by atoms with E-state index in [1.54, 1.807) is 6.07 Å². The highest BCUT2D eigenvalue weighted by atomic mass is 19.1. The van der Waals surface area contributed by atoms with Crippen LogP contribution in [0.25, 0.3) is 5.69 Å². The molecule has 37 heavy (non-hydrogen) atoms. The Morgan fingerprint density at radius 1 is 1.08 bits per heavy atom. The van der Waals surface area contributed by atoms with Gasteiger partial charge in [-0.15, -0.1) is 0 Å². The van der Waals surface area contributed by atoms with Crippen LogP contribution in [-0.2, 0) is 12.8 Å². The molecule has 3 aliphatic carbocycles. The molecule has 2 bridgehead atoms. The fraction of sp³-hybridized carbons (Fsp3) is 0.467. The largest absolute Gasteiger partial charge is 0.347 e. The smallest absolute Gasteiger partial charge is 0.272 e. The van der Waals surface area contributed by atoms with Crippen LogP contribution < -0.4 is 5.32 Å². The van der Waals surface area contributed by atoms with E-state index in [4.69, 9.17) is 0 Å². The highest BCUT2D eigenvalue weighted by Gasteiger charge is 2.60. The van der Waals surface area contributed by atoms with E-state index < -0.39 is 11.6 Å². The van der Waals surface area contributed by atoms with Gasteiger partial charge in [-0.25, -0.2) is 17.9 Å². The van der Waals surface area contributed by atoms with E-state index in [-0.39, 0.29) is 40.2 Å². The maximum Gasteiger partial charge on any atom is 0.272 e. The van der Waals surface area contributed by atoms with Gasteiger partial charge in [0, 0.05) is 23.6 Å². The number of fused-ring (bicyclic) bond motifs is 3. The normalized spacial score (nSPS) is 27.5. The van der Waals surface area contributed by atoms with Gasteiger partial charge in [0.05, 0.1) is 5.69 Å². The summed E-state index contributed by atoms with van der Waals surface area (Å²) in [5.41, 5.74) is 2.83. The topological polar surface area (TPSA) is 46.9 Å². The summed E-state index contributed by atoms with van der Waals surface area (Å²) in [6.07, 6.45) is 5.28. The molecule has 0 radical (unpaired) electrons. The average Bonchev–Trinajstić information content (AvgIpc) is 3.56. The zero-order chi connectivity index (χ0) is 26.1. The second-order valence-electron chi connectivity index (χ2n) is 12.1. The van der Waals surface area contributed by atoms with Crippen LogP contribution in [0.3, 0.4) is 0 Å². The fourth-order valence-electron chi connectivity index (χ4n) is 7.61. The van der Waals surface area contributed by atoms with Gasteiger partial charge in [0.15, 0.2) is 11.5 Å². The van der Waals surface area contributed by atoms with Gasteiger partial charge in [0.1, 0.15) is 17.3 Å². The molecule has 0 spiro atoms. The lowest BCUT2D eigenvalue weighted by atomic mass is 9.68. The van der Waals surface area contributed by atoms with Crippen molar-refractivity contribution in [3.8, 4) is 5.69 Å².